The van der Waals surface area contributed by atoms with E-state index in [0.29, 0.717) is 10.8 Å². The van der Waals surface area contributed by atoms with Gasteiger partial charge in [-0.25, -0.2) is 0 Å². The maximum atomic E-state index is 13.2. The molecule has 3 aromatic rings. The Morgan fingerprint density at radius 1 is 1.00 bits per heavy atom. The fourth-order valence-corrected chi connectivity index (χ4v) is 3.58. The SMILES string of the molecule is CC(C)NC(=O)[C@@H](C)N(Cc1cccc(Cl)c1)C(=O)COc1cccc2ccccc12. The molecule has 0 unspecified atom stereocenters. The van der Waals surface area contributed by atoms with E-state index in [0.717, 1.165) is 16.3 Å². The molecular formula is C25H27ClN2O3. The zero-order chi connectivity index (χ0) is 22.4. The van der Waals surface area contributed by atoms with Gasteiger partial charge in [-0.05, 0) is 49.9 Å². The van der Waals surface area contributed by atoms with Crippen molar-refractivity contribution in [3.8, 4) is 5.75 Å². The molecule has 31 heavy (non-hydrogen) atoms. The first-order valence-electron chi connectivity index (χ1n) is 10.3. The van der Waals surface area contributed by atoms with Crippen molar-refractivity contribution in [2.45, 2.75) is 39.4 Å². The Hall–Kier alpha value is -3.05. The minimum absolute atomic E-state index is 0.0231. The largest absolute Gasteiger partial charge is 0.483 e. The van der Waals surface area contributed by atoms with Crippen molar-refractivity contribution in [1.29, 1.82) is 0 Å². The first kappa shape index (κ1) is 22.6. The number of hydrogen-bond donors (Lipinski definition) is 1. The van der Waals surface area contributed by atoms with Crippen LogP contribution in [0.5, 0.6) is 5.75 Å². The summed E-state index contributed by atoms with van der Waals surface area (Å²) in [6.45, 7) is 5.58. The van der Waals surface area contributed by atoms with Crippen LogP contribution in [0.25, 0.3) is 10.8 Å². The molecule has 0 aromatic heterocycles. The molecule has 3 rings (SSSR count). The summed E-state index contributed by atoms with van der Waals surface area (Å²) in [6.07, 6.45) is 0. The van der Waals surface area contributed by atoms with Gasteiger partial charge in [-0.2, -0.15) is 0 Å². The van der Waals surface area contributed by atoms with Gasteiger partial charge in [-0.1, -0.05) is 60.1 Å². The predicted octanol–water partition coefficient (Wildman–Crippen LogP) is 4.81. The highest BCUT2D eigenvalue weighted by Crippen LogP contribution is 2.25. The van der Waals surface area contributed by atoms with Crippen molar-refractivity contribution in [3.63, 3.8) is 0 Å². The lowest BCUT2D eigenvalue weighted by atomic mass is 10.1. The summed E-state index contributed by atoms with van der Waals surface area (Å²) in [4.78, 5) is 27.3. The zero-order valence-electron chi connectivity index (χ0n) is 18.0. The van der Waals surface area contributed by atoms with Gasteiger partial charge in [0.2, 0.25) is 5.91 Å². The number of carbonyl (C=O) groups excluding carboxylic acids is 2. The van der Waals surface area contributed by atoms with E-state index in [1.165, 1.54) is 4.90 Å². The lowest BCUT2D eigenvalue weighted by Gasteiger charge is -2.29. The third-order valence-corrected chi connectivity index (χ3v) is 5.18. The quantitative estimate of drug-likeness (QED) is 0.548. The monoisotopic (exact) mass is 438 g/mol. The Morgan fingerprint density at radius 3 is 2.45 bits per heavy atom. The first-order valence-corrected chi connectivity index (χ1v) is 10.7. The van der Waals surface area contributed by atoms with Crippen LogP contribution in [-0.4, -0.2) is 35.4 Å². The van der Waals surface area contributed by atoms with Crippen molar-refractivity contribution in [2.24, 2.45) is 0 Å². The van der Waals surface area contributed by atoms with Gasteiger partial charge in [0.1, 0.15) is 11.8 Å². The van der Waals surface area contributed by atoms with Crippen molar-refractivity contribution >= 4 is 34.2 Å². The average Bonchev–Trinajstić information content (AvgIpc) is 2.75. The summed E-state index contributed by atoms with van der Waals surface area (Å²) in [5.41, 5.74) is 0.843. The topological polar surface area (TPSA) is 58.6 Å². The highest BCUT2D eigenvalue weighted by atomic mass is 35.5. The molecule has 5 nitrogen and oxygen atoms in total. The third kappa shape index (κ3) is 5.98. The van der Waals surface area contributed by atoms with Gasteiger partial charge in [0, 0.05) is 23.0 Å². The molecule has 0 heterocycles. The van der Waals surface area contributed by atoms with Crippen LogP contribution in [0.1, 0.15) is 26.3 Å². The number of nitrogens with zero attached hydrogens (tertiary/aromatic N) is 1. The molecule has 2 amide bonds. The van der Waals surface area contributed by atoms with E-state index in [4.69, 9.17) is 16.3 Å². The van der Waals surface area contributed by atoms with Crippen LogP contribution in [0, 0.1) is 0 Å². The van der Waals surface area contributed by atoms with Crippen molar-refractivity contribution in [1.82, 2.24) is 10.2 Å². The molecule has 0 spiro atoms. The third-order valence-electron chi connectivity index (χ3n) is 4.94. The van der Waals surface area contributed by atoms with Gasteiger partial charge >= 0.3 is 0 Å². The molecule has 0 saturated carbocycles. The van der Waals surface area contributed by atoms with Crippen molar-refractivity contribution in [2.75, 3.05) is 6.61 Å². The number of nitrogens with one attached hydrogen (secondary N) is 1. The molecule has 0 aliphatic heterocycles. The molecule has 1 N–H and O–H groups in total. The molecule has 6 heteroatoms. The second-order valence-corrected chi connectivity index (χ2v) is 8.19. The molecule has 1 atom stereocenters. The summed E-state index contributed by atoms with van der Waals surface area (Å²) >= 11 is 6.11. The Balaban J connectivity index is 1.79. The number of amides is 2. The minimum Gasteiger partial charge on any atom is -0.483 e. The molecule has 162 valence electrons. The lowest BCUT2D eigenvalue weighted by molar-refractivity contribution is -0.142. The summed E-state index contributed by atoms with van der Waals surface area (Å²) < 4.78 is 5.89. The maximum absolute atomic E-state index is 13.2. The fraction of sp³-hybridized carbons (Fsp3) is 0.280. The second kappa shape index (κ2) is 10.3. The minimum atomic E-state index is -0.662. The molecule has 0 aliphatic rings. The predicted molar refractivity (Wildman–Crippen MR) is 124 cm³/mol. The molecule has 3 aromatic carbocycles. The Kier molecular flexibility index (Phi) is 7.53. The molecule has 0 bridgehead atoms. The number of fused-ring (bicyclic) bond motifs is 1. The van der Waals surface area contributed by atoms with E-state index in [9.17, 15) is 9.59 Å². The van der Waals surface area contributed by atoms with E-state index >= 15 is 0 Å². The van der Waals surface area contributed by atoms with Crippen molar-refractivity contribution < 1.29 is 14.3 Å². The first-order chi connectivity index (χ1) is 14.8. The van der Waals surface area contributed by atoms with Crippen LogP contribution in [-0.2, 0) is 16.1 Å². The molecule has 0 fully saturated rings. The van der Waals surface area contributed by atoms with E-state index in [2.05, 4.69) is 5.32 Å². The van der Waals surface area contributed by atoms with Gasteiger partial charge in [0.15, 0.2) is 6.61 Å². The van der Waals surface area contributed by atoms with Crippen LogP contribution < -0.4 is 10.1 Å². The van der Waals surface area contributed by atoms with Gasteiger partial charge in [0.05, 0.1) is 0 Å². The normalized spacial score (nSPS) is 11.9. The van der Waals surface area contributed by atoms with E-state index < -0.39 is 6.04 Å². The zero-order valence-corrected chi connectivity index (χ0v) is 18.7. The van der Waals surface area contributed by atoms with E-state index in [1.54, 1.807) is 19.1 Å². The van der Waals surface area contributed by atoms with Gasteiger partial charge in [-0.15, -0.1) is 0 Å². The summed E-state index contributed by atoms with van der Waals surface area (Å²) in [6, 6.07) is 20.2. The standard InChI is InChI=1S/C25H27ClN2O3/c1-17(2)27-25(30)18(3)28(15-19-8-6-11-21(26)14-19)24(29)16-31-23-13-7-10-20-9-4-5-12-22(20)23/h4-14,17-18H,15-16H2,1-3H3,(H,27,30)/t18-/m1/s1. The van der Waals surface area contributed by atoms with Crippen LogP contribution in [0.3, 0.4) is 0 Å². The van der Waals surface area contributed by atoms with Gasteiger partial charge < -0.3 is 15.0 Å². The van der Waals surface area contributed by atoms with Crippen LogP contribution in [0.2, 0.25) is 5.02 Å². The molecule has 0 aliphatic carbocycles. The number of halogens is 1. The summed E-state index contributed by atoms with van der Waals surface area (Å²) in [5.74, 6) is 0.142. The number of rotatable bonds is 8. The van der Waals surface area contributed by atoms with Crippen molar-refractivity contribution in [3.05, 3.63) is 77.3 Å². The number of hydrogen-bond acceptors (Lipinski definition) is 3. The highest BCUT2D eigenvalue weighted by Gasteiger charge is 2.27. The molecule has 0 saturated heterocycles. The number of ether oxygens (including phenoxy) is 1. The molecule has 0 radical (unpaired) electrons. The van der Waals surface area contributed by atoms with Crippen LogP contribution in [0.15, 0.2) is 66.7 Å². The van der Waals surface area contributed by atoms with E-state index in [1.807, 2.05) is 68.4 Å². The smallest absolute Gasteiger partial charge is 0.261 e. The lowest BCUT2D eigenvalue weighted by Crippen LogP contribution is -2.50. The molecular weight excluding hydrogens is 412 g/mol. The highest BCUT2D eigenvalue weighted by molar-refractivity contribution is 6.30. The Bertz CT molecular complexity index is 1060. The van der Waals surface area contributed by atoms with Crippen LogP contribution >= 0.6 is 11.6 Å². The van der Waals surface area contributed by atoms with E-state index in [-0.39, 0.29) is 31.0 Å². The van der Waals surface area contributed by atoms with Crippen LogP contribution in [0.4, 0.5) is 0 Å². The summed E-state index contributed by atoms with van der Waals surface area (Å²) in [7, 11) is 0. The average molecular weight is 439 g/mol. The number of benzene rings is 3. The second-order valence-electron chi connectivity index (χ2n) is 7.76. The maximum Gasteiger partial charge on any atom is 0.261 e. The Morgan fingerprint density at radius 2 is 1.71 bits per heavy atom. The fourth-order valence-electron chi connectivity index (χ4n) is 3.36. The van der Waals surface area contributed by atoms with Gasteiger partial charge in [0.25, 0.3) is 5.91 Å². The summed E-state index contributed by atoms with van der Waals surface area (Å²) in [5, 5.41) is 5.42. The van der Waals surface area contributed by atoms with Gasteiger partial charge in [-0.3, -0.25) is 9.59 Å². The Labute approximate surface area is 188 Å². The number of carbonyl (C=O) groups is 2.